The molecule has 1 fully saturated rings. The maximum Gasteiger partial charge on any atom is 0.418 e. The van der Waals surface area contributed by atoms with Gasteiger partial charge >= 0.3 is 6.18 Å². The van der Waals surface area contributed by atoms with Gasteiger partial charge in [0.1, 0.15) is 0 Å². The SMILES string of the molecule is Nc1cc(C2CCOC2)ccc1C(F)(F)F. The Morgan fingerprint density at radius 1 is 1.31 bits per heavy atom. The highest BCUT2D eigenvalue weighted by Crippen LogP contribution is 2.36. The molecule has 2 nitrogen and oxygen atoms in total. The van der Waals surface area contributed by atoms with Gasteiger partial charge in [-0.25, -0.2) is 0 Å². The third kappa shape index (κ3) is 2.14. The maximum absolute atomic E-state index is 12.5. The summed E-state index contributed by atoms with van der Waals surface area (Å²) in [7, 11) is 0. The fourth-order valence-corrected chi connectivity index (χ4v) is 1.89. The summed E-state index contributed by atoms with van der Waals surface area (Å²) in [5.74, 6) is 0.171. The van der Waals surface area contributed by atoms with Crippen LogP contribution in [0.5, 0.6) is 0 Å². The van der Waals surface area contributed by atoms with E-state index in [1.807, 2.05) is 0 Å². The largest absolute Gasteiger partial charge is 0.418 e. The summed E-state index contributed by atoms with van der Waals surface area (Å²) < 4.78 is 42.5. The third-order valence-electron chi connectivity index (χ3n) is 2.78. The molecule has 0 saturated carbocycles. The van der Waals surface area contributed by atoms with Crippen molar-refractivity contribution >= 4 is 5.69 Å². The molecule has 2 rings (SSSR count). The highest BCUT2D eigenvalue weighted by atomic mass is 19.4. The molecule has 88 valence electrons. The molecule has 0 radical (unpaired) electrons. The molecule has 1 heterocycles. The van der Waals surface area contributed by atoms with Crippen molar-refractivity contribution in [2.24, 2.45) is 0 Å². The topological polar surface area (TPSA) is 35.2 Å². The Hall–Kier alpha value is -1.23. The molecule has 1 saturated heterocycles. The van der Waals surface area contributed by atoms with E-state index >= 15 is 0 Å². The number of nitrogen functional groups attached to an aromatic ring is 1. The van der Waals surface area contributed by atoms with E-state index in [9.17, 15) is 13.2 Å². The summed E-state index contributed by atoms with van der Waals surface area (Å²) in [4.78, 5) is 0. The van der Waals surface area contributed by atoms with Gasteiger partial charge in [0.25, 0.3) is 0 Å². The van der Waals surface area contributed by atoms with Gasteiger partial charge in [0.05, 0.1) is 12.2 Å². The van der Waals surface area contributed by atoms with Gasteiger partial charge in [0.2, 0.25) is 0 Å². The summed E-state index contributed by atoms with van der Waals surface area (Å²) >= 11 is 0. The van der Waals surface area contributed by atoms with E-state index in [-0.39, 0.29) is 11.6 Å². The van der Waals surface area contributed by atoms with Crippen LogP contribution in [-0.4, -0.2) is 13.2 Å². The summed E-state index contributed by atoms with van der Waals surface area (Å²) in [6.07, 6.45) is -3.54. The second-order valence-corrected chi connectivity index (χ2v) is 3.90. The van der Waals surface area contributed by atoms with Crippen LogP contribution in [-0.2, 0) is 10.9 Å². The van der Waals surface area contributed by atoms with Crippen LogP contribution in [0.3, 0.4) is 0 Å². The average molecular weight is 231 g/mol. The quantitative estimate of drug-likeness (QED) is 0.754. The van der Waals surface area contributed by atoms with Crippen molar-refractivity contribution in [3.63, 3.8) is 0 Å². The van der Waals surface area contributed by atoms with E-state index in [4.69, 9.17) is 10.5 Å². The molecule has 1 unspecified atom stereocenters. The lowest BCUT2D eigenvalue weighted by molar-refractivity contribution is -0.136. The molecule has 0 bridgehead atoms. The number of alkyl halides is 3. The van der Waals surface area contributed by atoms with Crippen LogP contribution < -0.4 is 5.73 Å². The van der Waals surface area contributed by atoms with Crippen molar-refractivity contribution in [2.45, 2.75) is 18.5 Å². The predicted molar refractivity (Wildman–Crippen MR) is 54.0 cm³/mol. The Kier molecular flexibility index (Phi) is 2.80. The Morgan fingerprint density at radius 2 is 2.06 bits per heavy atom. The first-order valence-electron chi connectivity index (χ1n) is 5.03. The minimum atomic E-state index is -4.38. The zero-order valence-corrected chi connectivity index (χ0v) is 8.55. The lowest BCUT2D eigenvalue weighted by Gasteiger charge is -2.13. The summed E-state index contributed by atoms with van der Waals surface area (Å²) in [6.45, 7) is 1.22. The van der Waals surface area contributed by atoms with Gasteiger partial charge in [0.15, 0.2) is 0 Å². The highest BCUT2D eigenvalue weighted by molar-refractivity contribution is 5.51. The first-order valence-corrected chi connectivity index (χ1v) is 5.03. The highest BCUT2D eigenvalue weighted by Gasteiger charge is 2.33. The summed E-state index contributed by atoms with van der Waals surface area (Å²) in [5.41, 5.74) is 5.26. The number of benzene rings is 1. The van der Waals surface area contributed by atoms with E-state index in [2.05, 4.69) is 0 Å². The van der Waals surface area contributed by atoms with Gasteiger partial charge in [0, 0.05) is 18.2 Å². The molecule has 0 aliphatic carbocycles. The smallest absolute Gasteiger partial charge is 0.398 e. The van der Waals surface area contributed by atoms with Crippen LogP contribution in [0.1, 0.15) is 23.5 Å². The summed E-state index contributed by atoms with van der Waals surface area (Å²) in [5, 5.41) is 0. The lowest BCUT2D eigenvalue weighted by Crippen LogP contribution is -2.10. The lowest BCUT2D eigenvalue weighted by atomic mass is 9.96. The minimum Gasteiger partial charge on any atom is -0.398 e. The second kappa shape index (κ2) is 3.97. The van der Waals surface area contributed by atoms with Gasteiger partial charge in [-0.05, 0) is 24.1 Å². The zero-order valence-electron chi connectivity index (χ0n) is 8.55. The molecule has 0 spiro atoms. The molecule has 1 atom stereocenters. The normalized spacial score (nSPS) is 21.3. The van der Waals surface area contributed by atoms with E-state index in [0.29, 0.717) is 13.2 Å². The molecule has 0 aromatic heterocycles. The fourth-order valence-electron chi connectivity index (χ4n) is 1.89. The van der Waals surface area contributed by atoms with Crippen molar-refractivity contribution < 1.29 is 17.9 Å². The summed E-state index contributed by atoms with van der Waals surface area (Å²) in [6, 6.07) is 3.93. The molecule has 5 heteroatoms. The Balaban J connectivity index is 2.29. The van der Waals surface area contributed by atoms with Crippen LogP contribution >= 0.6 is 0 Å². The third-order valence-corrected chi connectivity index (χ3v) is 2.78. The number of nitrogens with two attached hydrogens (primary N) is 1. The molecular formula is C11H12F3NO. The molecule has 16 heavy (non-hydrogen) atoms. The average Bonchev–Trinajstić information content (AvgIpc) is 2.68. The minimum absolute atomic E-state index is 0.171. The number of hydrogen-bond acceptors (Lipinski definition) is 2. The molecule has 1 aliphatic rings. The van der Waals surface area contributed by atoms with Crippen LogP contribution in [0.15, 0.2) is 18.2 Å². The van der Waals surface area contributed by atoms with Crippen molar-refractivity contribution in [3.8, 4) is 0 Å². The Bertz CT molecular complexity index is 383. The van der Waals surface area contributed by atoms with Crippen LogP contribution in [0.25, 0.3) is 0 Å². The predicted octanol–water partition coefficient (Wildman–Crippen LogP) is 2.79. The van der Waals surface area contributed by atoms with Gasteiger partial charge in [-0.3, -0.25) is 0 Å². The van der Waals surface area contributed by atoms with E-state index in [0.717, 1.165) is 18.1 Å². The van der Waals surface area contributed by atoms with Gasteiger partial charge in [-0.15, -0.1) is 0 Å². The Labute approximate surface area is 91.2 Å². The van der Waals surface area contributed by atoms with Gasteiger partial charge in [-0.2, -0.15) is 13.2 Å². The van der Waals surface area contributed by atoms with E-state index in [1.54, 1.807) is 0 Å². The van der Waals surface area contributed by atoms with Crippen LogP contribution in [0.4, 0.5) is 18.9 Å². The van der Waals surface area contributed by atoms with Gasteiger partial charge < -0.3 is 10.5 Å². The van der Waals surface area contributed by atoms with Crippen molar-refractivity contribution in [2.75, 3.05) is 18.9 Å². The number of rotatable bonds is 1. The van der Waals surface area contributed by atoms with Crippen LogP contribution in [0.2, 0.25) is 0 Å². The molecule has 0 amide bonds. The van der Waals surface area contributed by atoms with E-state index in [1.165, 1.54) is 12.1 Å². The maximum atomic E-state index is 12.5. The molecule has 1 aliphatic heterocycles. The fraction of sp³-hybridized carbons (Fsp3) is 0.455. The number of anilines is 1. The standard InChI is InChI=1S/C11H12F3NO/c12-11(13,14)9-2-1-7(5-10(9)15)8-3-4-16-6-8/h1-2,5,8H,3-4,6,15H2. The first-order chi connectivity index (χ1) is 7.48. The first kappa shape index (κ1) is 11.3. The van der Waals surface area contributed by atoms with Crippen LogP contribution in [0, 0.1) is 0 Å². The van der Waals surface area contributed by atoms with Gasteiger partial charge in [-0.1, -0.05) is 6.07 Å². The number of ether oxygens (including phenoxy) is 1. The van der Waals surface area contributed by atoms with Crippen molar-refractivity contribution in [3.05, 3.63) is 29.3 Å². The van der Waals surface area contributed by atoms with Crippen molar-refractivity contribution in [1.29, 1.82) is 0 Å². The monoisotopic (exact) mass is 231 g/mol. The number of hydrogen-bond donors (Lipinski definition) is 1. The van der Waals surface area contributed by atoms with Crippen molar-refractivity contribution in [1.82, 2.24) is 0 Å². The number of halogens is 3. The molecule has 1 aromatic rings. The molecular weight excluding hydrogens is 219 g/mol. The van der Waals surface area contributed by atoms with E-state index < -0.39 is 11.7 Å². The second-order valence-electron chi connectivity index (χ2n) is 3.90. The molecule has 1 aromatic carbocycles. The zero-order chi connectivity index (χ0) is 11.8. The Morgan fingerprint density at radius 3 is 2.56 bits per heavy atom. The molecule has 2 N–H and O–H groups in total.